The van der Waals surface area contributed by atoms with Crippen molar-refractivity contribution in [1.82, 2.24) is 0 Å². The van der Waals surface area contributed by atoms with Gasteiger partial charge < -0.3 is 0 Å². The fraction of sp³-hybridized carbons (Fsp3) is 0. The van der Waals surface area contributed by atoms with E-state index in [0.29, 0.717) is 9.53 Å². The first-order valence-electron chi connectivity index (χ1n) is 2.42. The second-order valence-corrected chi connectivity index (χ2v) is 17.4. The zero-order valence-electron chi connectivity index (χ0n) is 5.11. The van der Waals surface area contributed by atoms with Crippen LogP contribution in [0.3, 0.4) is 0 Å². The number of allylic oxidation sites excluding steroid dienone is 1. The van der Waals surface area contributed by atoms with Crippen molar-refractivity contribution in [1.29, 1.82) is 0 Å². The molecule has 0 fully saturated rings. The van der Waals surface area contributed by atoms with Gasteiger partial charge in [-0.2, -0.15) is 0 Å². The van der Waals surface area contributed by atoms with Crippen LogP contribution in [0.25, 0.3) is 0 Å². The summed E-state index contributed by atoms with van der Waals surface area (Å²) in [7, 11) is 0. The molecule has 68 valence electrons. The predicted molar refractivity (Wildman–Crippen MR) is 67.9 cm³/mol. The Labute approximate surface area is 103 Å². The number of hydrogen-bond donors (Lipinski definition) is 0. The van der Waals surface area contributed by atoms with Crippen LogP contribution in [0, 0.1) is 0 Å². The molecule has 0 aliphatic carbocycles. The fourth-order valence-corrected chi connectivity index (χ4v) is 17.2. The molecule has 3 unspecified atom stereocenters. The normalized spacial score (nSPS) is 34.5. The zero-order valence-corrected chi connectivity index (χ0v) is 12.3. The summed E-state index contributed by atoms with van der Waals surface area (Å²) >= 11 is 35.1. The lowest BCUT2D eigenvalue weighted by Gasteiger charge is -2.12. The summed E-state index contributed by atoms with van der Waals surface area (Å²) in [6.07, 6.45) is 0. The summed E-state index contributed by atoms with van der Waals surface area (Å²) in [5.41, 5.74) is 0. The molecule has 0 aromatic heterocycles. The van der Waals surface area contributed by atoms with Crippen LogP contribution in [0.1, 0.15) is 0 Å². The second kappa shape index (κ2) is 5.03. The predicted octanol–water partition coefficient (Wildman–Crippen LogP) is 6.75. The van der Waals surface area contributed by atoms with Crippen LogP contribution in [0.4, 0.5) is 0 Å². The van der Waals surface area contributed by atoms with Gasteiger partial charge >= 0.3 is 0 Å². The van der Waals surface area contributed by atoms with E-state index < -0.39 is 20.2 Å². The molecule has 1 rings (SSSR count). The Morgan fingerprint density at radius 2 is 1.58 bits per heavy atom. The molecule has 0 aromatic rings. The van der Waals surface area contributed by atoms with Gasteiger partial charge in [-0.05, 0) is 22.8 Å². The number of hydrogen-bond acceptors (Lipinski definition) is 0. The second-order valence-electron chi connectivity index (χ2n) is 1.66. The molecular formula is C3Cl6P3+. The van der Waals surface area contributed by atoms with Gasteiger partial charge in [-0.25, -0.2) is 0 Å². The average molecular weight is 342 g/mol. The molecule has 1 aliphatic heterocycles. The third kappa shape index (κ3) is 2.36. The van der Waals surface area contributed by atoms with E-state index in [9.17, 15) is 0 Å². The monoisotopic (exact) mass is 339 g/mol. The fourth-order valence-electron chi connectivity index (χ4n) is 0.461. The van der Waals surface area contributed by atoms with E-state index >= 15 is 0 Å². The van der Waals surface area contributed by atoms with Crippen LogP contribution in [0.2, 0.25) is 0 Å². The molecule has 0 N–H and O–H groups in total. The topological polar surface area (TPSA) is 0 Å². The van der Waals surface area contributed by atoms with E-state index in [-0.39, 0.29) is 5.03 Å². The highest BCUT2D eigenvalue weighted by molar-refractivity contribution is 8.78. The van der Waals surface area contributed by atoms with Crippen LogP contribution in [-0.4, -0.2) is 4.75 Å². The molecule has 1 heterocycles. The Morgan fingerprint density at radius 3 is 2.08 bits per heavy atom. The van der Waals surface area contributed by atoms with Crippen LogP contribution >= 0.6 is 88.7 Å². The van der Waals surface area contributed by atoms with E-state index in [4.69, 9.17) is 68.5 Å². The lowest BCUT2D eigenvalue weighted by atomic mass is 10.7. The van der Waals surface area contributed by atoms with E-state index in [1.165, 1.54) is 0 Å². The molecule has 0 aromatic carbocycles. The summed E-state index contributed by atoms with van der Waals surface area (Å²) < 4.78 is 0.720. The van der Waals surface area contributed by atoms with Crippen molar-refractivity contribution in [2.45, 2.75) is 0 Å². The maximum absolute atomic E-state index is 5.95. The van der Waals surface area contributed by atoms with Gasteiger partial charge in [0.1, 0.15) is 12.0 Å². The minimum Gasteiger partial charge on any atom is -0.0801 e. The van der Waals surface area contributed by atoms with E-state index in [0.717, 1.165) is 0 Å². The zero-order chi connectivity index (χ0) is 9.46. The summed E-state index contributed by atoms with van der Waals surface area (Å²) in [6.45, 7) is -3.25. The van der Waals surface area contributed by atoms with Crippen molar-refractivity contribution in [3.8, 4) is 0 Å². The number of halogens is 6. The van der Waals surface area contributed by atoms with Gasteiger partial charge in [-0.15, -0.1) is 0 Å². The van der Waals surface area contributed by atoms with Gasteiger partial charge in [0.15, 0.2) is 11.2 Å². The largest absolute Gasteiger partial charge is 0.274 e. The molecule has 0 radical (unpaired) electrons. The van der Waals surface area contributed by atoms with Crippen molar-refractivity contribution in [2.24, 2.45) is 0 Å². The quantitative estimate of drug-likeness (QED) is 0.427. The summed E-state index contributed by atoms with van der Waals surface area (Å²) in [4.78, 5) is 0. The van der Waals surface area contributed by atoms with Crippen molar-refractivity contribution in [3.05, 3.63) is 9.81 Å². The third-order valence-corrected chi connectivity index (χ3v) is 22.0. The Morgan fingerprint density at radius 1 is 1.08 bits per heavy atom. The van der Waals surface area contributed by atoms with Crippen molar-refractivity contribution >= 4 is 93.5 Å². The van der Waals surface area contributed by atoms with Crippen LogP contribution in [-0.2, 0) is 0 Å². The van der Waals surface area contributed by atoms with Gasteiger partial charge in [0.05, 0.1) is 4.77 Å². The highest BCUT2D eigenvalue weighted by Gasteiger charge is 2.44. The van der Waals surface area contributed by atoms with E-state index in [1.54, 1.807) is 0 Å². The smallest absolute Gasteiger partial charge is 0.0801 e. The molecule has 3 atom stereocenters. The SMILES string of the molecule is ClC1=C(Cl)P(Cl)P(Cl)[P+](Cl)=C1Cl. The van der Waals surface area contributed by atoms with Gasteiger partial charge in [-0.1, -0.05) is 34.4 Å². The summed E-state index contributed by atoms with van der Waals surface area (Å²) in [5.74, 6) is 0. The van der Waals surface area contributed by atoms with E-state index in [1.807, 2.05) is 0 Å². The standard InChI is InChI=1S/C3Cl6P3/c4-1-2(5)10(7)12(9)11(8)3(1)6/q+1. The molecule has 9 heteroatoms. The van der Waals surface area contributed by atoms with Crippen LogP contribution in [0.5, 0.6) is 0 Å². The Kier molecular flexibility index (Phi) is 5.27. The van der Waals surface area contributed by atoms with Gasteiger partial charge in [0.25, 0.3) is 18.0 Å². The molecule has 0 bridgehead atoms. The highest BCUT2D eigenvalue weighted by atomic mass is 35.8. The first-order chi connectivity index (χ1) is 5.46. The lowest BCUT2D eigenvalue weighted by molar-refractivity contribution is 2.20. The molecule has 0 amide bonds. The maximum atomic E-state index is 5.95. The van der Waals surface area contributed by atoms with Gasteiger partial charge in [-0.3, -0.25) is 0 Å². The van der Waals surface area contributed by atoms with Crippen LogP contribution < -0.4 is 0 Å². The molecule has 0 saturated heterocycles. The number of rotatable bonds is 0. The molecular weight excluding hydrogens is 342 g/mol. The molecule has 0 nitrogen and oxygen atoms in total. The first kappa shape index (κ1) is 12.6. The van der Waals surface area contributed by atoms with Gasteiger partial charge in [0, 0.05) is 0 Å². The molecule has 0 saturated carbocycles. The lowest BCUT2D eigenvalue weighted by Crippen LogP contribution is -1.88. The third-order valence-electron chi connectivity index (χ3n) is 0.976. The average Bonchev–Trinajstić information content (AvgIpc) is 2.08. The van der Waals surface area contributed by atoms with Crippen LogP contribution in [0.15, 0.2) is 9.81 Å². The van der Waals surface area contributed by atoms with Crippen molar-refractivity contribution in [3.63, 3.8) is 0 Å². The minimum absolute atomic E-state index is 0.278. The molecule has 0 spiro atoms. The Balaban J connectivity index is 3.18. The molecule has 1 aliphatic rings. The van der Waals surface area contributed by atoms with Crippen molar-refractivity contribution < 1.29 is 0 Å². The summed E-state index contributed by atoms with van der Waals surface area (Å²) in [5, 5.41) is 0.278. The first-order valence-corrected chi connectivity index (χ1v) is 11.7. The molecule has 12 heavy (non-hydrogen) atoms. The van der Waals surface area contributed by atoms with Crippen molar-refractivity contribution in [2.75, 3.05) is 0 Å². The Bertz CT molecular complexity index is 243. The highest BCUT2D eigenvalue weighted by Crippen LogP contribution is 2.94. The minimum atomic E-state index is -1.11. The maximum Gasteiger partial charge on any atom is 0.274 e. The summed E-state index contributed by atoms with van der Waals surface area (Å²) in [6, 6.07) is 0. The Hall–Kier alpha value is 2.51. The van der Waals surface area contributed by atoms with E-state index in [2.05, 4.69) is 0 Å². The van der Waals surface area contributed by atoms with Gasteiger partial charge in [0.2, 0.25) is 0 Å².